The highest BCUT2D eigenvalue weighted by Crippen LogP contribution is 2.42. The Bertz CT molecular complexity index is 1010. The molecule has 0 saturated heterocycles. The van der Waals surface area contributed by atoms with Crippen molar-refractivity contribution < 1.29 is 14.3 Å². The first kappa shape index (κ1) is 18.9. The van der Waals surface area contributed by atoms with Crippen LogP contribution in [-0.2, 0) is 9.59 Å². The molecule has 2 N–H and O–H groups in total. The minimum Gasteiger partial charge on any atom is -0.497 e. The maximum Gasteiger partial charge on any atom is 0.255 e. The molecule has 29 heavy (non-hydrogen) atoms. The van der Waals surface area contributed by atoms with Crippen molar-refractivity contribution in [2.45, 2.75) is 32.1 Å². The summed E-state index contributed by atoms with van der Waals surface area (Å²) in [5.74, 6) is 0.608. The highest BCUT2D eigenvalue weighted by atomic mass is 16.5. The van der Waals surface area contributed by atoms with E-state index >= 15 is 0 Å². The number of rotatable bonds is 4. The Kier molecular flexibility index (Phi) is 5.16. The Morgan fingerprint density at radius 1 is 1.17 bits per heavy atom. The van der Waals surface area contributed by atoms with Crippen LogP contribution in [0.2, 0.25) is 0 Å². The van der Waals surface area contributed by atoms with Crippen LogP contribution in [0.25, 0.3) is 0 Å². The summed E-state index contributed by atoms with van der Waals surface area (Å²) in [6.45, 7) is 1.88. The standard InChI is InChI=1S/C23H23N3O3/c1-14-20(23(28)26-19-8-3-4-13-24-19)21(15-9-11-16(29-2)12-10-15)22-17(25-14)6-5-7-18(22)27/h3-4,8-13,21,25H,5-7H2,1-2H3,(H,24,26,28)/t21-/m0/s1. The number of amides is 1. The molecule has 0 spiro atoms. The number of allylic oxidation sites excluding steroid dienone is 3. The molecule has 148 valence electrons. The number of nitrogens with zero attached hydrogens (tertiary/aromatic N) is 1. The van der Waals surface area contributed by atoms with E-state index in [-0.39, 0.29) is 11.7 Å². The van der Waals surface area contributed by atoms with Gasteiger partial charge in [0.05, 0.1) is 7.11 Å². The largest absolute Gasteiger partial charge is 0.497 e. The van der Waals surface area contributed by atoms with Crippen molar-refractivity contribution in [3.05, 3.63) is 76.8 Å². The molecule has 1 aliphatic carbocycles. The SMILES string of the molecule is COc1ccc([C@H]2C(C(=O)Nc3ccccn3)=C(C)NC3=C2C(=O)CCC3)cc1. The van der Waals surface area contributed by atoms with Crippen LogP contribution in [0.1, 0.15) is 37.7 Å². The molecule has 1 amide bonds. The Hall–Kier alpha value is -3.41. The zero-order valence-electron chi connectivity index (χ0n) is 16.5. The molecule has 2 heterocycles. The fourth-order valence-corrected chi connectivity index (χ4v) is 4.03. The Labute approximate surface area is 169 Å². The van der Waals surface area contributed by atoms with Crippen LogP contribution in [-0.4, -0.2) is 23.8 Å². The minimum atomic E-state index is -0.423. The molecule has 0 saturated carbocycles. The number of pyridine rings is 1. The number of aromatic nitrogens is 1. The number of methoxy groups -OCH3 is 1. The average molecular weight is 389 g/mol. The lowest BCUT2D eigenvalue weighted by atomic mass is 9.75. The number of carbonyl (C=O) groups is 2. The number of dihydropyridines is 1. The first-order valence-electron chi connectivity index (χ1n) is 9.69. The van der Waals surface area contributed by atoms with E-state index in [0.717, 1.165) is 35.5 Å². The summed E-state index contributed by atoms with van der Waals surface area (Å²) in [6, 6.07) is 12.9. The van der Waals surface area contributed by atoms with E-state index in [9.17, 15) is 9.59 Å². The monoisotopic (exact) mass is 389 g/mol. The van der Waals surface area contributed by atoms with Crippen LogP contribution in [0.15, 0.2) is 71.2 Å². The highest BCUT2D eigenvalue weighted by Gasteiger charge is 2.38. The summed E-state index contributed by atoms with van der Waals surface area (Å²) < 4.78 is 5.27. The number of benzene rings is 1. The van der Waals surface area contributed by atoms with Crippen LogP contribution >= 0.6 is 0 Å². The van der Waals surface area contributed by atoms with Gasteiger partial charge in [0.15, 0.2) is 5.78 Å². The lowest BCUT2D eigenvalue weighted by Gasteiger charge is -2.34. The molecule has 1 atom stereocenters. The van der Waals surface area contributed by atoms with Gasteiger partial charge >= 0.3 is 0 Å². The van der Waals surface area contributed by atoms with Gasteiger partial charge in [-0.2, -0.15) is 0 Å². The van der Waals surface area contributed by atoms with Gasteiger partial charge in [-0.3, -0.25) is 9.59 Å². The lowest BCUT2D eigenvalue weighted by molar-refractivity contribution is -0.116. The third-order valence-electron chi connectivity index (χ3n) is 5.38. The Balaban J connectivity index is 1.78. The number of ether oxygens (including phenoxy) is 1. The zero-order valence-corrected chi connectivity index (χ0v) is 16.5. The summed E-state index contributed by atoms with van der Waals surface area (Å²) in [4.78, 5) is 30.3. The molecular formula is C23H23N3O3. The second-order valence-electron chi connectivity index (χ2n) is 7.21. The predicted octanol–water partition coefficient (Wildman–Crippen LogP) is 3.70. The van der Waals surface area contributed by atoms with E-state index in [0.29, 0.717) is 23.4 Å². The average Bonchev–Trinajstić information content (AvgIpc) is 2.73. The number of hydrogen-bond donors (Lipinski definition) is 2. The molecule has 0 unspecified atom stereocenters. The van der Waals surface area contributed by atoms with E-state index in [4.69, 9.17) is 4.74 Å². The maximum atomic E-state index is 13.3. The number of nitrogens with one attached hydrogen (secondary N) is 2. The predicted molar refractivity (Wildman–Crippen MR) is 110 cm³/mol. The van der Waals surface area contributed by atoms with Crippen molar-refractivity contribution in [2.75, 3.05) is 12.4 Å². The number of ketones is 1. The zero-order chi connectivity index (χ0) is 20.4. The smallest absolute Gasteiger partial charge is 0.255 e. The van der Waals surface area contributed by atoms with Gasteiger partial charge in [0.2, 0.25) is 0 Å². The van der Waals surface area contributed by atoms with E-state index in [1.165, 1.54) is 0 Å². The van der Waals surface area contributed by atoms with Crippen molar-refractivity contribution in [3.8, 4) is 5.75 Å². The topological polar surface area (TPSA) is 80.3 Å². The van der Waals surface area contributed by atoms with Crippen LogP contribution in [0, 0.1) is 0 Å². The second-order valence-corrected chi connectivity index (χ2v) is 7.21. The van der Waals surface area contributed by atoms with Crippen molar-refractivity contribution >= 4 is 17.5 Å². The van der Waals surface area contributed by atoms with Gasteiger partial charge in [0.25, 0.3) is 5.91 Å². The Morgan fingerprint density at radius 2 is 1.97 bits per heavy atom. The molecule has 2 aromatic rings. The molecule has 1 aliphatic heterocycles. The highest BCUT2D eigenvalue weighted by molar-refractivity contribution is 6.09. The van der Waals surface area contributed by atoms with Gasteiger partial charge in [0.1, 0.15) is 11.6 Å². The van der Waals surface area contributed by atoms with Gasteiger partial charge in [0, 0.05) is 41.1 Å². The van der Waals surface area contributed by atoms with Crippen molar-refractivity contribution in [1.82, 2.24) is 10.3 Å². The lowest BCUT2D eigenvalue weighted by Crippen LogP contribution is -2.35. The molecule has 0 fully saturated rings. The number of hydrogen-bond acceptors (Lipinski definition) is 5. The van der Waals surface area contributed by atoms with E-state index in [2.05, 4.69) is 15.6 Å². The molecule has 1 aromatic heterocycles. The van der Waals surface area contributed by atoms with Crippen molar-refractivity contribution in [3.63, 3.8) is 0 Å². The van der Waals surface area contributed by atoms with E-state index in [1.807, 2.05) is 37.3 Å². The summed E-state index contributed by atoms with van der Waals surface area (Å²) in [5, 5.41) is 6.19. The fraction of sp³-hybridized carbons (Fsp3) is 0.261. The normalized spacial score (nSPS) is 18.8. The quantitative estimate of drug-likeness (QED) is 0.834. The summed E-state index contributed by atoms with van der Waals surface area (Å²) in [5.41, 5.74) is 3.80. The van der Waals surface area contributed by atoms with Crippen LogP contribution in [0.4, 0.5) is 5.82 Å². The van der Waals surface area contributed by atoms with Gasteiger partial charge in [-0.05, 0) is 49.6 Å². The summed E-state index contributed by atoms with van der Waals surface area (Å²) in [7, 11) is 1.61. The van der Waals surface area contributed by atoms with Crippen LogP contribution in [0.3, 0.4) is 0 Å². The van der Waals surface area contributed by atoms with Gasteiger partial charge in [-0.1, -0.05) is 18.2 Å². The molecule has 6 nitrogen and oxygen atoms in total. The maximum absolute atomic E-state index is 13.3. The van der Waals surface area contributed by atoms with Gasteiger partial charge in [-0.15, -0.1) is 0 Å². The molecular weight excluding hydrogens is 366 g/mol. The number of Topliss-reactive ketones (excluding diaryl/α,β-unsaturated/α-hetero) is 1. The first-order valence-corrected chi connectivity index (χ1v) is 9.69. The van der Waals surface area contributed by atoms with Gasteiger partial charge in [-0.25, -0.2) is 4.98 Å². The molecule has 4 rings (SSSR count). The minimum absolute atomic E-state index is 0.0928. The van der Waals surface area contributed by atoms with E-state index < -0.39 is 5.92 Å². The molecule has 0 bridgehead atoms. The molecule has 6 heteroatoms. The summed E-state index contributed by atoms with van der Waals surface area (Å²) >= 11 is 0. The molecule has 2 aliphatic rings. The van der Waals surface area contributed by atoms with E-state index in [1.54, 1.807) is 25.4 Å². The second kappa shape index (κ2) is 7.91. The van der Waals surface area contributed by atoms with Crippen molar-refractivity contribution in [2.24, 2.45) is 0 Å². The van der Waals surface area contributed by atoms with Crippen LogP contribution in [0.5, 0.6) is 5.75 Å². The molecule has 1 aromatic carbocycles. The number of anilines is 1. The third kappa shape index (κ3) is 3.66. The van der Waals surface area contributed by atoms with Crippen molar-refractivity contribution in [1.29, 1.82) is 0 Å². The number of carbonyl (C=O) groups excluding carboxylic acids is 2. The third-order valence-corrected chi connectivity index (χ3v) is 5.38. The molecule has 0 radical (unpaired) electrons. The fourth-order valence-electron chi connectivity index (χ4n) is 4.03. The van der Waals surface area contributed by atoms with Gasteiger partial charge < -0.3 is 15.4 Å². The first-order chi connectivity index (χ1) is 14.1. The summed E-state index contributed by atoms with van der Waals surface area (Å²) in [6.07, 6.45) is 3.76. The van der Waals surface area contributed by atoms with Crippen LogP contribution < -0.4 is 15.4 Å². The Morgan fingerprint density at radius 3 is 2.66 bits per heavy atom.